The molecule has 0 aliphatic rings. The first-order valence-electron chi connectivity index (χ1n) is 14.2. The lowest BCUT2D eigenvalue weighted by Crippen LogP contribution is -2.53. The normalized spacial score (nSPS) is 12.0. The lowest BCUT2D eigenvalue weighted by molar-refractivity contribution is -0.140. The standard InChI is InChI=1S/C34H35BrFN3O4S/c1-25(2)22-37-34(41)32(21-26-10-5-3-6-11-26)38(23-27-12-9-13-28(35)20-27)33(40)24-39(30-14-7-4-8-15-30)44(42,43)31-18-16-29(36)17-19-31/h3-20,25,32H,21-24H2,1-2H3,(H,37,41)/t32-/m1/s1. The molecule has 4 aromatic carbocycles. The number of carbonyl (C=O) groups is 2. The molecule has 0 spiro atoms. The number of anilines is 1. The van der Waals surface area contributed by atoms with Crippen molar-refractivity contribution < 1.29 is 22.4 Å². The molecular formula is C34H35BrFN3O4S. The van der Waals surface area contributed by atoms with Crippen molar-refractivity contribution in [2.75, 3.05) is 17.4 Å². The average molecular weight is 681 g/mol. The van der Waals surface area contributed by atoms with Gasteiger partial charge in [0.2, 0.25) is 11.8 Å². The molecule has 0 aromatic heterocycles. The summed E-state index contributed by atoms with van der Waals surface area (Å²) in [5.41, 5.74) is 1.87. The largest absolute Gasteiger partial charge is 0.354 e. The molecule has 230 valence electrons. The van der Waals surface area contributed by atoms with Crippen LogP contribution in [0.2, 0.25) is 0 Å². The van der Waals surface area contributed by atoms with E-state index in [1.807, 2.05) is 68.4 Å². The summed E-state index contributed by atoms with van der Waals surface area (Å²) in [6, 6.07) is 28.6. The molecule has 0 saturated carbocycles. The second-order valence-corrected chi connectivity index (χ2v) is 13.6. The van der Waals surface area contributed by atoms with Gasteiger partial charge in [-0.3, -0.25) is 13.9 Å². The predicted molar refractivity (Wildman–Crippen MR) is 174 cm³/mol. The van der Waals surface area contributed by atoms with Gasteiger partial charge in [-0.2, -0.15) is 0 Å². The molecule has 44 heavy (non-hydrogen) atoms. The summed E-state index contributed by atoms with van der Waals surface area (Å²) >= 11 is 3.48. The number of hydrogen-bond acceptors (Lipinski definition) is 4. The molecule has 0 fully saturated rings. The molecule has 0 saturated heterocycles. The second kappa shape index (κ2) is 15.1. The van der Waals surface area contributed by atoms with Gasteiger partial charge in [0.1, 0.15) is 18.4 Å². The number of rotatable bonds is 13. The summed E-state index contributed by atoms with van der Waals surface area (Å²) in [6.07, 6.45) is 0.223. The molecule has 0 aliphatic heterocycles. The molecule has 7 nitrogen and oxygen atoms in total. The van der Waals surface area contributed by atoms with Crippen LogP contribution in [0.25, 0.3) is 0 Å². The number of benzene rings is 4. The Bertz CT molecular complexity index is 1650. The van der Waals surface area contributed by atoms with E-state index in [0.29, 0.717) is 6.54 Å². The molecule has 1 atom stereocenters. The molecule has 1 N–H and O–H groups in total. The Morgan fingerprint density at radius 2 is 1.45 bits per heavy atom. The van der Waals surface area contributed by atoms with E-state index >= 15 is 0 Å². The van der Waals surface area contributed by atoms with Crippen LogP contribution in [0.3, 0.4) is 0 Å². The fraction of sp³-hybridized carbons (Fsp3) is 0.235. The first-order valence-corrected chi connectivity index (χ1v) is 16.5. The van der Waals surface area contributed by atoms with E-state index in [4.69, 9.17) is 0 Å². The lowest BCUT2D eigenvalue weighted by atomic mass is 10.0. The maximum Gasteiger partial charge on any atom is 0.264 e. The Morgan fingerprint density at radius 3 is 2.07 bits per heavy atom. The van der Waals surface area contributed by atoms with Crippen molar-refractivity contribution in [1.82, 2.24) is 10.2 Å². The summed E-state index contributed by atoms with van der Waals surface area (Å²) in [5, 5.41) is 2.97. The Kier molecular flexibility index (Phi) is 11.3. The number of sulfonamides is 1. The number of nitrogens with zero attached hydrogens (tertiary/aromatic N) is 2. The Hall–Kier alpha value is -4.02. The van der Waals surface area contributed by atoms with Crippen molar-refractivity contribution in [3.05, 3.63) is 131 Å². The number of para-hydroxylation sites is 1. The van der Waals surface area contributed by atoms with E-state index in [9.17, 15) is 22.4 Å². The molecule has 0 unspecified atom stereocenters. The molecular weight excluding hydrogens is 645 g/mol. The molecule has 10 heteroatoms. The minimum Gasteiger partial charge on any atom is -0.354 e. The van der Waals surface area contributed by atoms with Gasteiger partial charge in [0.25, 0.3) is 10.0 Å². The number of hydrogen-bond donors (Lipinski definition) is 1. The SMILES string of the molecule is CC(C)CNC(=O)[C@@H](Cc1ccccc1)N(Cc1cccc(Br)c1)C(=O)CN(c1ccccc1)S(=O)(=O)c1ccc(F)cc1. The topological polar surface area (TPSA) is 86.8 Å². The van der Waals surface area contributed by atoms with Crippen LogP contribution in [-0.4, -0.2) is 44.3 Å². The molecule has 4 rings (SSSR count). The van der Waals surface area contributed by atoms with Crippen molar-refractivity contribution >= 4 is 43.5 Å². The highest BCUT2D eigenvalue weighted by atomic mass is 79.9. The number of carbonyl (C=O) groups excluding carboxylic acids is 2. The summed E-state index contributed by atoms with van der Waals surface area (Å²) in [7, 11) is -4.29. The van der Waals surface area contributed by atoms with Crippen molar-refractivity contribution in [2.45, 2.75) is 37.8 Å². The van der Waals surface area contributed by atoms with Gasteiger partial charge in [-0.15, -0.1) is 0 Å². The van der Waals surface area contributed by atoms with Crippen molar-refractivity contribution in [3.63, 3.8) is 0 Å². The fourth-order valence-electron chi connectivity index (χ4n) is 4.67. The number of nitrogens with one attached hydrogen (secondary N) is 1. The summed E-state index contributed by atoms with van der Waals surface area (Å²) in [4.78, 5) is 29.5. The van der Waals surface area contributed by atoms with Crippen LogP contribution >= 0.6 is 15.9 Å². The minimum atomic E-state index is -4.29. The van der Waals surface area contributed by atoms with Crippen LogP contribution in [0.4, 0.5) is 10.1 Å². The third-order valence-corrected chi connectivity index (χ3v) is 9.20. The maximum atomic E-state index is 14.4. The Balaban J connectivity index is 1.78. The van der Waals surface area contributed by atoms with E-state index in [1.165, 1.54) is 17.0 Å². The van der Waals surface area contributed by atoms with E-state index < -0.39 is 34.3 Å². The summed E-state index contributed by atoms with van der Waals surface area (Å²) in [6.45, 7) is 3.85. The summed E-state index contributed by atoms with van der Waals surface area (Å²) < 4.78 is 43.3. The van der Waals surface area contributed by atoms with Crippen LogP contribution in [0, 0.1) is 11.7 Å². The van der Waals surface area contributed by atoms with Gasteiger partial charge in [-0.05, 0) is 65.6 Å². The molecule has 0 aliphatic carbocycles. The van der Waals surface area contributed by atoms with E-state index in [1.54, 1.807) is 30.3 Å². The highest BCUT2D eigenvalue weighted by molar-refractivity contribution is 9.10. The number of halogens is 2. The van der Waals surface area contributed by atoms with Crippen molar-refractivity contribution in [3.8, 4) is 0 Å². The van der Waals surface area contributed by atoms with E-state index in [2.05, 4.69) is 21.2 Å². The van der Waals surface area contributed by atoms with Crippen LogP contribution in [0.15, 0.2) is 119 Å². The monoisotopic (exact) mass is 679 g/mol. The quantitative estimate of drug-likeness (QED) is 0.182. The predicted octanol–water partition coefficient (Wildman–Crippen LogP) is 6.20. The van der Waals surface area contributed by atoms with Gasteiger partial charge in [-0.1, -0.05) is 90.4 Å². The van der Waals surface area contributed by atoms with Gasteiger partial charge >= 0.3 is 0 Å². The summed E-state index contributed by atoms with van der Waals surface area (Å²) in [5.74, 6) is -1.30. The zero-order chi connectivity index (χ0) is 31.7. The van der Waals surface area contributed by atoms with Gasteiger partial charge in [0.05, 0.1) is 10.6 Å². The smallest absolute Gasteiger partial charge is 0.264 e. The maximum absolute atomic E-state index is 14.4. The van der Waals surface area contributed by atoms with E-state index in [-0.39, 0.29) is 35.4 Å². The van der Waals surface area contributed by atoms with E-state index in [0.717, 1.165) is 32.0 Å². The average Bonchev–Trinajstić information content (AvgIpc) is 3.01. The molecule has 0 radical (unpaired) electrons. The lowest BCUT2D eigenvalue weighted by Gasteiger charge is -2.34. The van der Waals surface area contributed by atoms with Crippen molar-refractivity contribution in [1.29, 1.82) is 0 Å². The van der Waals surface area contributed by atoms with Gasteiger partial charge in [0, 0.05) is 24.0 Å². The Labute approximate surface area is 266 Å². The van der Waals surface area contributed by atoms with Crippen LogP contribution < -0.4 is 9.62 Å². The molecule has 0 heterocycles. The van der Waals surface area contributed by atoms with Gasteiger partial charge < -0.3 is 10.2 Å². The third kappa shape index (κ3) is 8.76. The zero-order valence-corrected chi connectivity index (χ0v) is 27.0. The van der Waals surface area contributed by atoms with Crippen LogP contribution in [0.5, 0.6) is 0 Å². The third-order valence-electron chi connectivity index (χ3n) is 6.92. The highest BCUT2D eigenvalue weighted by Gasteiger charge is 2.34. The fourth-order valence-corrected chi connectivity index (χ4v) is 6.53. The Morgan fingerprint density at radius 1 is 0.841 bits per heavy atom. The van der Waals surface area contributed by atoms with Gasteiger partial charge in [0.15, 0.2) is 0 Å². The van der Waals surface area contributed by atoms with Crippen LogP contribution in [0.1, 0.15) is 25.0 Å². The first kappa shape index (κ1) is 32.9. The zero-order valence-electron chi connectivity index (χ0n) is 24.6. The number of amides is 2. The second-order valence-electron chi connectivity index (χ2n) is 10.8. The van der Waals surface area contributed by atoms with Gasteiger partial charge in [-0.25, -0.2) is 12.8 Å². The molecule has 0 bridgehead atoms. The molecule has 4 aromatic rings. The van der Waals surface area contributed by atoms with Crippen LogP contribution in [-0.2, 0) is 32.6 Å². The highest BCUT2D eigenvalue weighted by Crippen LogP contribution is 2.25. The van der Waals surface area contributed by atoms with Crippen molar-refractivity contribution in [2.24, 2.45) is 5.92 Å². The first-order chi connectivity index (χ1) is 21.0. The molecule has 2 amide bonds. The minimum absolute atomic E-state index is 0.0596.